The summed E-state index contributed by atoms with van der Waals surface area (Å²) < 4.78 is 6.84. The van der Waals surface area contributed by atoms with Gasteiger partial charge in [-0.25, -0.2) is 9.78 Å². The Morgan fingerprint density at radius 3 is 2.88 bits per heavy atom. The molecular formula is C18H14N2O3S. The number of aromatic nitrogens is 2. The summed E-state index contributed by atoms with van der Waals surface area (Å²) >= 11 is 1.44. The molecule has 0 aliphatic heterocycles. The molecule has 0 amide bonds. The third-order valence-electron chi connectivity index (χ3n) is 4.09. The fourth-order valence-corrected chi connectivity index (χ4v) is 3.54. The maximum atomic E-state index is 12.5. The Labute approximate surface area is 140 Å². The summed E-state index contributed by atoms with van der Waals surface area (Å²) in [5, 5.41) is 3.29. The van der Waals surface area contributed by atoms with Gasteiger partial charge >= 0.3 is 5.63 Å². The molecule has 0 aliphatic rings. The molecule has 4 rings (SSSR count). The zero-order valence-electron chi connectivity index (χ0n) is 13.0. The van der Waals surface area contributed by atoms with Gasteiger partial charge in [0.05, 0.1) is 18.3 Å². The van der Waals surface area contributed by atoms with E-state index in [9.17, 15) is 9.59 Å². The fraction of sp³-hybridized carbons (Fsp3) is 0.167. The number of hydrogen-bond donors (Lipinski definition) is 0. The van der Waals surface area contributed by atoms with Gasteiger partial charge in [-0.2, -0.15) is 0 Å². The predicted octanol–water partition coefficient (Wildman–Crippen LogP) is 3.18. The molecule has 0 radical (unpaired) electrons. The third kappa shape index (κ3) is 2.45. The summed E-state index contributed by atoms with van der Waals surface area (Å²) in [7, 11) is 0. The smallest absolute Gasteiger partial charge is 0.336 e. The van der Waals surface area contributed by atoms with Crippen LogP contribution in [0.3, 0.4) is 0 Å². The summed E-state index contributed by atoms with van der Waals surface area (Å²) in [6.07, 6.45) is 2.39. The van der Waals surface area contributed by atoms with Crippen LogP contribution in [0.25, 0.3) is 21.2 Å². The largest absolute Gasteiger partial charge is 0.423 e. The molecule has 0 fully saturated rings. The standard InChI is InChI=1S/C18H14N2O3S/c1-2-11-3-4-13-12(8-16(21)23-15(13)7-11)9-20-10-19-17-14(18(20)22)5-6-24-17/h3-8,10H,2,9H2,1H3. The number of aryl methyl sites for hydroxylation is 1. The van der Waals surface area contributed by atoms with Gasteiger partial charge in [-0.1, -0.05) is 19.1 Å². The van der Waals surface area contributed by atoms with Crippen molar-refractivity contribution in [2.75, 3.05) is 0 Å². The molecule has 24 heavy (non-hydrogen) atoms. The van der Waals surface area contributed by atoms with E-state index in [0.717, 1.165) is 27.8 Å². The number of nitrogens with zero attached hydrogens (tertiary/aromatic N) is 2. The highest BCUT2D eigenvalue weighted by Gasteiger charge is 2.10. The Bertz CT molecular complexity index is 1170. The normalized spacial score (nSPS) is 11.4. The van der Waals surface area contributed by atoms with Crippen molar-refractivity contribution >= 4 is 32.5 Å². The first kappa shape index (κ1) is 14.8. The van der Waals surface area contributed by atoms with E-state index >= 15 is 0 Å². The lowest BCUT2D eigenvalue weighted by Gasteiger charge is -2.08. The first-order valence-corrected chi connectivity index (χ1v) is 8.52. The summed E-state index contributed by atoms with van der Waals surface area (Å²) in [4.78, 5) is 29.5. The second-order valence-corrected chi connectivity index (χ2v) is 6.49. The Balaban J connectivity index is 1.88. The summed E-state index contributed by atoms with van der Waals surface area (Å²) in [6, 6.07) is 9.04. The zero-order chi connectivity index (χ0) is 16.7. The van der Waals surface area contributed by atoms with Crippen LogP contribution in [-0.4, -0.2) is 9.55 Å². The second kappa shape index (κ2) is 5.72. The van der Waals surface area contributed by atoms with Gasteiger partial charge in [0.1, 0.15) is 10.4 Å². The lowest BCUT2D eigenvalue weighted by Crippen LogP contribution is -2.21. The molecule has 0 spiro atoms. The average Bonchev–Trinajstić information content (AvgIpc) is 3.06. The van der Waals surface area contributed by atoms with Crippen LogP contribution in [-0.2, 0) is 13.0 Å². The first-order valence-electron chi connectivity index (χ1n) is 7.64. The monoisotopic (exact) mass is 338 g/mol. The lowest BCUT2D eigenvalue weighted by molar-refractivity contribution is 0.557. The van der Waals surface area contributed by atoms with E-state index in [4.69, 9.17) is 4.42 Å². The second-order valence-electron chi connectivity index (χ2n) is 5.59. The van der Waals surface area contributed by atoms with Crippen molar-refractivity contribution in [1.29, 1.82) is 0 Å². The van der Waals surface area contributed by atoms with Crippen molar-refractivity contribution in [3.05, 3.63) is 73.9 Å². The highest BCUT2D eigenvalue weighted by molar-refractivity contribution is 7.16. The van der Waals surface area contributed by atoms with Gasteiger partial charge in [0.2, 0.25) is 0 Å². The predicted molar refractivity (Wildman–Crippen MR) is 94.8 cm³/mol. The minimum Gasteiger partial charge on any atom is -0.423 e. The van der Waals surface area contributed by atoms with Crippen molar-refractivity contribution in [1.82, 2.24) is 9.55 Å². The van der Waals surface area contributed by atoms with Gasteiger partial charge in [-0.15, -0.1) is 11.3 Å². The first-order chi connectivity index (χ1) is 11.7. The summed E-state index contributed by atoms with van der Waals surface area (Å²) in [5.41, 5.74) is 1.88. The zero-order valence-corrected chi connectivity index (χ0v) is 13.8. The Morgan fingerprint density at radius 1 is 1.17 bits per heavy atom. The molecule has 4 aromatic rings. The Kier molecular flexibility index (Phi) is 3.54. The molecule has 0 saturated heterocycles. The SMILES string of the molecule is CCc1ccc2c(Cn3cnc4sccc4c3=O)cc(=O)oc2c1. The Morgan fingerprint density at radius 2 is 2.04 bits per heavy atom. The maximum Gasteiger partial charge on any atom is 0.336 e. The molecule has 0 aliphatic carbocycles. The van der Waals surface area contributed by atoms with Crippen LogP contribution >= 0.6 is 11.3 Å². The van der Waals surface area contributed by atoms with Crippen molar-refractivity contribution < 1.29 is 4.42 Å². The average molecular weight is 338 g/mol. The van der Waals surface area contributed by atoms with E-state index < -0.39 is 5.63 Å². The van der Waals surface area contributed by atoms with Crippen molar-refractivity contribution in [3.8, 4) is 0 Å². The van der Waals surface area contributed by atoms with E-state index in [-0.39, 0.29) is 12.1 Å². The molecule has 0 atom stereocenters. The Hall–Kier alpha value is -2.73. The van der Waals surface area contributed by atoms with Gasteiger partial charge in [-0.3, -0.25) is 9.36 Å². The molecule has 0 N–H and O–H groups in total. The van der Waals surface area contributed by atoms with E-state index in [1.165, 1.54) is 28.3 Å². The number of fused-ring (bicyclic) bond motifs is 2. The van der Waals surface area contributed by atoms with Crippen LogP contribution < -0.4 is 11.2 Å². The van der Waals surface area contributed by atoms with E-state index in [0.29, 0.717) is 11.0 Å². The molecule has 1 aromatic carbocycles. The van der Waals surface area contributed by atoms with Crippen molar-refractivity contribution in [2.24, 2.45) is 0 Å². The van der Waals surface area contributed by atoms with Crippen LogP contribution in [0, 0.1) is 0 Å². The molecule has 5 nitrogen and oxygen atoms in total. The van der Waals surface area contributed by atoms with Gasteiger partial charge in [0.15, 0.2) is 0 Å². The molecule has 0 saturated carbocycles. The van der Waals surface area contributed by atoms with Gasteiger partial charge in [0, 0.05) is 11.5 Å². The van der Waals surface area contributed by atoms with Gasteiger partial charge < -0.3 is 4.42 Å². The maximum absolute atomic E-state index is 12.5. The quantitative estimate of drug-likeness (QED) is 0.538. The summed E-state index contributed by atoms with van der Waals surface area (Å²) in [6.45, 7) is 2.33. The van der Waals surface area contributed by atoms with E-state index in [1.807, 2.05) is 30.5 Å². The number of benzene rings is 1. The molecule has 3 aromatic heterocycles. The third-order valence-corrected chi connectivity index (χ3v) is 4.91. The van der Waals surface area contributed by atoms with E-state index in [1.54, 1.807) is 6.07 Å². The molecule has 3 heterocycles. The van der Waals surface area contributed by atoms with Crippen molar-refractivity contribution in [3.63, 3.8) is 0 Å². The van der Waals surface area contributed by atoms with Crippen LogP contribution in [0.5, 0.6) is 0 Å². The van der Waals surface area contributed by atoms with Gasteiger partial charge in [-0.05, 0) is 35.1 Å². The molecular weight excluding hydrogens is 324 g/mol. The van der Waals surface area contributed by atoms with Crippen molar-refractivity contribution in [2.45, 2.75) is 19.9 Å². The molecule has 0 bridgehead atoms. The summed E-state index contributed by atoms with van der Waals surface area (Å²) in [5.74, 6) is 0. The highest BCUT2D eigenvalue weighted by atomic mass is 32.1. The molecule has 120 valence electrons. The number of hydrogen-bond acceptors (Lipinski definition) is 5. The lowest BCUT2D eigenvalue weighted by atomic mass is 10.1. The molecule has 0 unspecified atom stereocenters. The number of thiophene rings is 1. The van der Waals surface area contributed by atoms with E-state index in [2.05, 4.69) is 4.98 Å². The van der Waals surface area contributed by atoms with Gasteiger partial charge in [0.25, 0.3) is 5.56 Å². The fourth-order valence-electron chi connectivity index (χ4n) is 2.81. The van der Waals surface area contributed by atoms with Crippen LogP contribution in [0.4, 0.5) is 0 Å². The highest BCUT2D eigenvalue weighted by Crippen LogP contribution is 2.20. The molecule has 6 heteroatoms. The topological polar surface area (TPSA) is 65.1 Å². The minimum atomic E-state index is -0.414. The van der Waals surface area contributed by atoms with Crippen LogP contribution in [0.15, 0.2) is 56.0 Å². The van der Waals surface area contributed by atoms with Crippen LogP contribution in [0.2, 0.25) is 0 Å². The minimum absolute atomic E-state index is 0.104. The number of rotatable bonds is 3. The van der Waals surface area contributed by atoms with Crippen LogP contribution in [0.1, 0.15) is 18.1 Å².